The quantitative estimate of drug-likeness (QED) is 0.646. The van der Waals surface area contributed by atoms with Crippen molar-refractivity contribution in [2.24, 2.45) is 0 Å². The molecule has 0 saturated carbocycles. The first-order chi connectivity index (χ1) is 6.40. The molecule has 1 heterocycles. The lowest BCUT2D eigenvalue weighted by Gasteiger charge is -1.98. The van der Waals surface area contributed by atoms with Gasteiger partial charge in [-0.15, -0.1) is 6.58 Å². The molecule has 1 aromatic heterocycles. The Morgan fingerprint density at radius 3 is 2.69 bits per heavy atom. The van der Waals surface area contributed by atoms with Gasteiger partial charge in [0.15, 0.2) is 0 Å². The molecule has 0 N–H and O–H groups in total. The Hall–Kier alpha value is -1.70. The predicted octanol–water partition coefficient (Wildman–Crippen LogP) is 2.36. The summed E-state index contributed by atoms with van der Waals surface area (Å²) >= 11 is 0. The molecule has 1 aromatic carbocycles. The smallest absolute Gasteiger partial charge is 0.0889 e. The van der Waals surface area contributed by atoms with Crippen LogP contribution in [0.3, 0.4) is 0 Å². The Kier molecular flexibility index (Phi) is 2.04. The van der Waals surface area contributed by atoms with E-state index in [9.17, 15) is 0 Å². The summed E-state index contributed by atoms with van der Waals surface area (Å²) in [6.45, 7) is 3.70. The number of benzene rings is 1. The van der Waals surface area contributed by atoms with E-state index in [2.05, 4.69) is 22.6 Å². The molecular weight excluding hydrogens is 160 g/mol. The molecule has 2 aromatic rings. The molecule has 13 heavy (non-hydrogen) atoms. The Morgan fingerprint density at radius 2 is 1.92 bits per heavy atom. The fraction of sp³-hybridized carbons (Fsp3) is 0.0909. The zero-order valence-corrected chi connectivity index (χ0v) is 7.27. The highest BCUT2D eigenvalue weighted by molar-refractivity contribution is 5.74. The van der Waals surface area contributed by atoms with Crippen molar-refractivity contribution in [3.63, 3.8) is 0 Å². The van der Waals surface area contributed by atoms with Gasteiger partial charge in [-0.1, -0.05) is 12.1 Å². The molecule has 2 nitrogen and oxygen atoms in total. The largest absolute Gasteiger partial charge is 0.253 e. The molecule has 0 spiro atoms. The molecular formula is C11H10N2. The highest BCUT2D eigenvalue weighted by Gasteiger charge is 1.95. The number of rotatable bonds is 2. The van der Waals surface area contributed by atoms with Gasteiger partial charge in [0.05, 0.1) is 11.0 Å². The summed E-state index contributed by atoms with van der Waals surface area (Å²) in [6.07, 6.45) is 6.18. The first kappa shape index (κ1) is 7.92. The van der Waals surface area contributed by atoms with Crippen LogP contribution in [0.25, 0.3) is 11.0 Å². The molecule has 0 aliphatic heterocycles. The summed E-state index contributed by atoms with van der Waals surface area (Å²) in [4.78, 5) is 8.42. The van der Waals surface area contributed by atoms with Crippen LogP contribution in [-0.4, -0.2) is 9.97 Å². The molecule has 64 valence electrons. The van der Waals surface area contributed by atoms with Crippen molar-refractivity contribution in [2.75, 3.05) is 0 Å². The average molecular weight is 170 g/mol. The summed E-state index contributed by atoms with van der Waals surface area (Å²) in [6, 6.07) is 6.09. The van der Waals surface area contributed by atoms with Gasteiger partial charge in [0, 0.05) is 12.4 Å². The van der Waals surface area contributed by atoms with Gasteiger partial charge in [-0.2, -0.15) is 0 Å². The molecule has 0 radical (unpaired) electrons. The van der Waals surface area contributed by atoms with E-state index in [4.69, 9.17) is 0 Å². The summed E-state index contributed by atoms with van der Waals surface area (Å²) in [5.74, 6) is 0. The van der Waals surface area contributed by atoms with Gasteiger partial charge < -0.3 is 0 Å². The van der Waals surface area contributed by atoms with Crippen LogP contribution >= 0.6 is 0 Å². The number of aromatic nitrogens is 2. The molecule has 0 bridgehead atoms. The van der Waals surface area contributed by atoms with Gasteiger partial charge in [0.25, 0.3) is 0 Å². The van der Waals surface area contributed by atoms with Crippen LogP contribution in [0.15, 0.2) is 43.2 Å². The SMILES string of the molecule is C=CCc1ccc2nccnc2c1. The number of fused-ring (bicyclic) bond motifs is 1. The van der Waals surface area contributed by atoms with Crippen LogP contribution in [0.1, 0.15) is 5.56 Å². The lowest BCUT2D eigenvalue weighted by Crippen LogP contribution is -1.85. The van der Waals surface area contributed by atoms with Crippen molar-refractivity contribution in [3.8, 4) is 0 Å². The van der Waals surface area contributed by atoms with E-state index in [0.717, 1.165) is 17.5 Å². The fourth-order valence-corrected chi connectivity index (χ4v) is 1.30. The van der Waals surface area contributed by atoms with Crippen molar-refractivity contribution >= 4 is 11.0 Å². The van der Waals surface area contributed by atoms with Gasteiger partial charge in [-0.3, -0.25) is 9.97 Å². The first-order valence-corrected chi connectivity index (χ1v) is 4.21. The molecule has 0 atom stereocenters. The van der Waals surface area contributed by atoms with Crippen LogP contribution in [-0.2, 0) is 6.42 Å². The Labute approximate surface area is 77.0 Å². The lowest BCUT2D eigenvalue weighted by molar-refractivity contribution is 1.25. The van der Waals surface area contributed by atoms with Crippen LogP contribution < -0.4 is 0 Å². The van der Waals surface area contributed by atoms with Crippen molar-refractivity contribution in [1.29, 1.82) is 0 Å². The third-order valence-corrected chi connectivity index (χ3v) is 1.91. The molecule has 2 rings (SSSR count). The Morgan fingerprint density at radius 1 is 1.15 bits per heavy atom. The van der Waals surface area contributed by atoms with Gasteiger partial charge >= 0.3 is 0 Å². The van der Waals surface area contributed by atoms with Crippen molar-refractivity contribution in [1.82, 2.24) is 9.97 Å². The second kappa shape index (κ2) is 3.35. The van der Waals surface area contributed by atoms with E-state index in [0.29, 0.717) is 0 Å². The van der Waals surface area contributed by atoms with E-state index in [1.54, 1.807) is 12.4 Å². The number of hydrogen-bond donors (Lipinski definition) is 0. The van der Waals surface area contributed by atoms with Gasteiger partial charge in [-0.05, 0) is 24.1 Å². The third-order valence-electron chi connectivity index (χ3n) is 1.91. The molecule has 0 amide bonds. The zero-order valence-electron chi connectivity index (χ0n) is 7.27. The van der Waals surface area contributed by atoms with E-state index in [1.807, 2.05) is 18.2 Å². The minimum Gasteiger partial charge on any atom is -0.253 e. The van der Waals surface area contributed by atoms with E-state index < -0.39 is 0 Å². The van der Waals surface area contributed by atoms with Crippen LogP contribution in [0, 0.1) is 0 Å². The Balaban J connectivity index is 2.55. The van der Waals surface area contributed by atoms with Gasteiger partial charge in [0.1, 0.15) is 0 Å². The average Bonchev–Trinajstić information content (AvgIpc) is 2.18. The first-order valence-electron chi connectivity index (χ1n) is 4.21. The van der Waals surface area contributed by atoms with Crippen molar-refractivity contribution in [3.05, 3.63) is 48.8 Å². The van der Waals surface area contributed by atoms with Crippen LogP contribution in [0.2, 0.25) is 0 Å². The fourth-order valence-electron chi connectivity index (χ4n) is 1.30. The number of allylic oxidation sites excluding steroid dienone is 1. The maximum atomic E-state index is 4.23. The molecule has 0 fully saturated rings. The number of nitrogens with zero attached hydrogens (tertiary/aromatic N) is 2. The minimum atomic E-state index is 0.881. The molecule has 0 aliphatic carbocycles. The van der Waals surface area contributed by atoms with Gasteiger partial charge in [-0.25, -0.2) is 0 Å². The second-order valence-electron chi connectivity index (χ2n) is 2.87. The predicted molar refractivity (Wildman–Crippen MR) is 53.4 cm³/mol. The molecule has 0 aliphatic rings. The van der Waals surface area contributed by atoms with E-state index in [1.165, 1.54) is 5.56 Å². The summed E-state index contributed by atoms with van der Waals surface area (Å²) < 4.78 is 0. The Bertz CT molecular complexity index is 435. The van der Waals surface area contributed by atoms with E-state index in [-0.39, 0.29) is 0 Å². The van der Waals surface area contributed by atoms with Crippen LogP contribution in [0.4, 0.5) is 0 Å². The minimum absolute atomic E-state index is 0.881. The van der Waals surface area contributed by atoms with Crippen LogP contribution in [0.5, 0.6) is 0 Å². The highest BCUT2D eigenvalue weighted by Crippen LogP contribution is 2.11. The topological polar surface area (TPSA) is 25.8 Å². The number of hydrogen-bond acceptors (Lipinski definition) is 2. The molecule has 0 saturated heterocycles. The zero-order chi connectivity index (χ0) is 9.10. The standard InChI is InChI=1S/C11H10N2/c1-2-3-9-4-5-10-11(8-9)13-7-6-12-10/h2,4-8H,1,3H2. The maximum Gasteiger partial charge on any atom is 0.0889 e. The summed E-state index contributed by atoms with van der Waals surface area (Å²) in [7, 11) is 0. The van der Waals surface area contributed by atoms with Crippen molar-refractivity contribution < 1.29 is 0 Å². The van der Waals surface area contributed by atoms with Gasteiger partial charge in [0.2, 0.25) is 0 Å². The maximum absolute atomic E-state index is 4.23. The molecule has 2 heteroatoms. The lowest BCUT2D eigenvalue weighted by atomic mass is 10.1. The second-order valence-corrected chi connectivity index (χ2v) is 2.87. The summed E-state index contributed by atoms with van der Waals surface area (Å²) in [5.41, 5.74) is 3.11. The van der Waals surface area contributed by atoms with E-state index >= 15 is 0 Å². The normalized spacial score (nSPS) is 10.2. The van der Waals surface area contributed by atoms with Crippen molar-refractivity contribution in [2.45, 2.75) is 6.42 Å². The third kappa shape index (κ3) is 1.56. The molecule has 0 unspecified atom stereocenters. The monoisotopic (exact) mass is 170 g/mol. The summed E-state index contributed by atoms with van der Waals surface area (Å²) in [5, 5.41) is 0. The highest BCUT2D eigenvalue weighted by atomic mass is 14.8.